The number of hydrogen-bond acceptors (Lipinski definition) is 3. The number of hydrogen-bond donors (Lipinski definition) is 3. The lowest BCUT2D eigenvalue weighted by Crippen LogP contribution is -2.28. The van der Waals surface area contributed by atoms with E-state index in [1.807, 2.05) is 6.08 Å². The zero-order valence-corrected chi connectivity index (χ0v) is 11.8. The molecule has 0 bridgehead atoms. The van der Waals surface area contributed by atoms with Crippen molar-refractivity contribution in [2.75, 3.05) is 19.6 Å². The lowest BCUT2D eigenvalue weighted by atomic mass is 10.1. The number of unbranched alkanes of at least 4 members (excludes halogenated alkanes) is 1. The van der Waals surface area contributed by atoms with E-state index in [1.54, 1.807) is 0 Å². The van der Waals surface area contributed by atoms with Crippen molar-refractivity contribution in [2.24, 2.45) is 5.73 Å². The topological polar surface area (TPSA) is 50.1 Å². The summed E-state index contributed by atoms with van der Waals surface area (Å²) in [5.74, 6) is 0. The van der Waals surface area contributed by atoms with Crippen molar-refractivity contribution in [3.8, 4) is 0 Å². The summed E-state index contributed by atoms with van der Waals surface area (Å²) in [6, 6.07) is 1.26. The van der Waals surface area contributed by atoms with E-state index < -0.39 is 0 Å². The first-order chi connectivity index (χ1) is 8.20. The third kappa shape index (κ3) is 11.9. The minimum atomic E-state index is 0.598. The molecule has 0 heterocycles. The molecule has 0 spiro atoms. The van der Waals surface area contributed by atoms with Gasteiger partial charge in [0.1, 0.15) is 0 Å². The highest BCUT2D eigenvalue weighted by Gasteiger charge is 2.00. The van der Waals surface area contributed by atoms with Crippen LogP contribution in [-0.2, 0) is 0 Å². The van der Waals surface area contributed by atoms with Crippen molar-refractivity contribution in [1.82, 2.24) is 10.6 Å². The SMILES string of the molecule is CCC(C)NCCCCC(C)NC/C=C\CN. The molecule has 3 heteroatoms. The molecule has 0 aromatic rings. The summed E-state index contributed by atoms with van der Waals surface area (Å²) >= 11 is 0. The molecule has 0 aromatic carbocycles. The molecule has 3 nitrogen and oxygen atoms in total. The third-order valence-corrected chi connectivity index (χ3v) is 3.06. The van der Waals surface area contributed by atoms with Crippen LogP contribution in [0.3, 0.4) is 0 Å². The second-order valence-corrected chi connectivity index (χ2v) is 4.78. The van der Waals surface area contributed by atoms with E-state index in [1.165, 1.54) is 25.7 Å². The van der Waals surface area contributed by atoms with Gasteiger partial charge in [0.25, 0.3) is 0 Å². The standard InChI is InChI=1S/C14H31N3/c1-4-13(2)16-11-7-5-9-14(3)17-12-8-6-10-15/h6,8,13-14,16-17H,4-5,7,9-12,15H2,1-3H3/b8-6-. The van der Waals surface area contributed by atoms with Gasteiger partial charge in [-0.3, -0.25) is 0 Å². The van der Waals surface area contributed by atoms with Crippen LogP contribution in [0.1, 0.15) is 46.5 Å². The Kier molecular flexibility index (Phi) is 11.8. The van der Waals surface area contributed by atoms with Crippen LogP contribution in [0, 0.1) is 0 Å². The number of rotatable bonds is 11. The molecule has 0 saturated heterocycles. The van der Waals surface area contributed by atoms with E-state index >= 15 is 0 Å². The summed E-state index contributed by atoms with van der Waals surface area (Å²) in [5, 5.41) is 6.99. The molecule has 17 heavy (non-hydrogen) atoms. The van der Waals surface area contributed by atoms with Crippen molar-refractivity contribution in [2.45, 2.75) is 58.5 Å². The van der Waals surface area contributed by atoms with Crippen LogP contribution >= 0.6 is 0 Å². The zero-order valence-electron chi connectivity index (χ0n) is 11.8. The third-order valence-electron chi connectivity index (χ3n) is 3.06. The molecule has 0 amide bonds. The highest BCUT2D eigenvalue weighted by atomic mass is 14.9. The normalized spacial score (nSPS) is 15.3. The van der Waals surface area contributed by atoms with E-state index in [0.29, 0.717) is 18.6 Å². The second-order valence-electron chi connectivity index (χ2n) is 4.78. The lowest BCUT2D eigenvalue weighted by Gasteiger charge is -2.13. The summed E-state index contributed by atoms with van der Waals surface area (Å²) in [5.41, 5.74) is 5.37. The molecular weight excluding hydrogens is 210 g/mol. The number of nitrogens with one attached hydrogen (secondary N) is 2. The molecule has 0 fully saturated rings. The van der Waals surface area contributed by atoms with Crippen LogP contribution in [-0.4, -0.2) is 31.7 Å². The van der Waals surface area contributed by atoms with Gasteiger partial charge in [0.15, 0.2) is 0 Å². The van der Waals surface area contributed by atoms with Crippen LogP contribution in [0.2, 0.25) is 0 Å². The molecule has 0 aliphatic carbocycles. The predicted molar refractivity (Wildman–Crippen MR) is 77.3 cm³/mol. The molecule has 0 saturated carbocycles. The first kappa shape index (κ1) is 16.6. The Hall–Kier alpha value is -0.380. The van der Waals surface area contributed by atoms with Gasteiger partial charge in [0.2, 0.25) is 0 Å². The molecular formula is C14H31N3. The van der Waals surface area contributed by atoms with Crippen molar-refractivity contribution in [3.63, 3.8) is 0 Å². The predicted octanol–water partition coefficient (Wildman–Crippen LogP) is 2.04. The molecule has 102 valence electrons. The minimum absolute atomic E-state index is 0.598. The van der Waals surface area contributed by atoms with Crippen LogP contribution in [0.15, 0.2) is 12.2 Å². The Labute approximate surface area is 107 Å². The molecule has 0 radical (unpaired) electrons. The van der Waals surface area contributed by atoms with Gasteiger partial charge in [-0.25, -0.2) is 0 Å². The summed E-state index contributed by atoms with van der Waals surface area (Å²) in [6.45, 7) is 9.43. The minimum Gasteiger partial charge on any atom is -0.327 e. The number of nitrogens with two attached hydrogens (primary N) is 1. The Morgan fingerprint density at radius 1 is 1.06 bits per heavy atom. The molecule has 0 aliphatic heterocycles. The molecule has 0 aromatic heterocycles. The first-order valence-electron chi connectivity index (χ1n) is 7.02. The average molecular weight is 241 g/mol. The van der Waals surface area contributed by atoms with Crippen molar-refractivity contribution in [1.29, 1.82) is 0 Å². The van der Waals surface area contributed by atoms with Crippen LogP contribution < -0.4 is 16.4 Å². The maximum atomic E-state index is 5.37. The summed E-state index contributed by atoms with van der Waals surface area (Å²) in [4.78, 5) is 0. The zero-order chi connectivity index (χ0) is 12.9. The highest BCUT2D eigenvalue weighted by molar-refractivity contribution is 4.85. The Morgan fingerprint density at radius 3 is 2.47 bits per heavy atom. The summed E-state index contributed by atoms with van der Waals surface area (Å²) < 4.78 is 0. The van der Waals surface area contributed by atoms with Gasteiger partial charge in [-0.2, -0.15) is 0 Å². The molecule has 2 atom stereocenters. The maximum Gasteiger partial charge on any atom is 0.0137 e. The fourth-order valence-electron chi connectivity index (χ4n) is 1.62. The lowest BCUT2D eigenvalue weighted by molar-refractivity contribution is 0.477. The first-order valence-corrected chi connectivity index (χ1v) is 7.02. The van der Waals surface area contributed by atoms with Crippen molar-refractivity contribution >= 4 is 0 Å². The fourth-order valence-corrected chi connectivity index (χ4v) is 1.62. The van der Waals surface area contributed by atoms with Crippen LogP contribution in [0.5, 0.6) is 0 Å². The van der Waals surface area contributed by atoms with E-state index in [2.05, 4.69) is 37.5 Å². The molecule has 0 aliphatic rings. The van der Waals surface area contributed by atoms with E-state index in [0.717, 1.165) is 13.1 Å². The van der Waals surface area contributed by atoms with E-state index in [-0.39, 0.29) is 0 Å². The van der Waals surface area contributed by atoms with Gasteiger partial charge in [-0.05, 0) is 39.7 Å². The monoisotopic (exact) mass is 241 g/mol. The summed E-state index contributed by atoms with van der Waals surface area (Å²) in [6.07, 6.45) is 9.12. The summed E-state index contributed by atoms with van der Waals surface area (Å²) in [7, 11) is 0. The average Bonchev–Trinajstić information content (AvgIpc) is 2.34. The van der Waals surface area contributed by atoms with Gasteiger partial charge >= 0.3 is 0 Å². The van der Waals surface area contributed by atoms with Crippen LogP contribution in [0.4, 0.5) is 0 Å². The van der Waals surface area contributed by atoms with Gasteiger partial charge < -0.3 is 16.4 Å². The maximum absolute atomic E-state index is 5.37. The molecule has 2 unspecified atom stereocenters. The van der Waals surface area contributed by atoms with Crippen LogP contribution in [0.25, 0.3) is 0 Å². The largest absolute Gasteiger partial charge is 0.327 e. The molecule has 0 rings (SSSR count). The Bertz CT molecular complexity index is 180. The fraction of sp³-hybridized carbons (Fsp3) is 0.857. The van der Waals surface area contributed by atoms with Gasteiger partial charge in [-0.15, -0.1) is 0 Å². The van der Waals surface area contributed by atoms with E-state index in [4.69, 9.17) is 5.73 Å². The Balaban J connectivity index is 3.27. The van der Waals surface area contributed by atoms with Gasteiger partial charge in [-0.1, -0.05) is 25.5 Å². The van der Waals surface area contributed by atoms with Gasteiger partial charge in [0.05, 0.1) is 0 Å². The molecule has 4 N–H and O–H groups in total. The van der Waals surface area contributed by atoms with Crippen molar-refractivity contribution < 1.29 is 0 Å². The highest BCUT2D eigenvalue weighted by Crippen LogP contribution is 2.00. The smallest absolute Gasteiger partial charge is 0.0137 e. The second kappa shape index (κ2) is 12.1. The Morgan fingerprint density at radius 2 is 1.82 bits per heavy atom. The van der Waals surface area contributed by atoms with Gasteiger partial charge in [0, 0.05) is 25.2 Å². The van der Waals surface area contributed by atoms with E-state index in [9.17, 15) is 0 Å². The quantitative estimate of drug-likeness (QED) is 0.383. The van der Waals surface area contributed by atoms with Crippen molar-refractivity contribution in [3.05, 3.63) is 12.2 Å².